The Hall–Kier alpha value is -0.830. The van der Waals surface area contributed by atoms with Gasteiger partial charge >= 0.3 is 0 Å². The third-order valence-electron chi connectivity index (χ3n) is 0.692. The molecule has 52 valence electrons. The number of hydrogen-bond donors (Lipinski definition) is 1. The number of aliphatic hydroxyl groups is 1. The van der Waals surface area contributed by atoms with Gasteiger partial charge in [-0.3, -0.25) is 0 Å². The van der Waals surface area contributed by atoms with Crippen molar-refractivity contribution in [2.75, 3.05) is 14.1 Å². The van der Waals surface area contributed by atoms with Crippen LogP contribution in [0.15, 0.2) is 17.8 Å². The smallest absolute Gasteiger partial charge is 0.109 e. The van der Waals surface area contributed by atoms with Crippen molar-refractivity contribution in [2.45, 2.75) is 6.10 Å². The highest BCUT2D eigenvalue weighted by molar-refractivity contribution is 5.64. The molecule has 0 bridgehead atoms. The summed E-state index contributed by atoms with van der Waals surface area (Å²) >= 11 is 0. The molecule has 0 rings (SSSR count). The Labute approximate surface area is 55.3 Å². The molecule has 0 spiro atoms. The Morgan fingerprint density at radius 1 is 1.67 bits per heavy atom. The molecular formula is C6H12N2O. The first kappa shape index (κ1) is 8.17. The average Bonchev–Trinajstić information content (AvgIpc) is 1.83. The Bertz CT molecular complexity index is 110. The molecule has 1 atom stereocenters. The van der Waals surface area contributed by atoms with E-state index in [9.17, 15) is 0 Å². The zero-order chi connectivity index (χ0) is 7.28. The second kappa shape index (κ2) is 4.09. The van der Waals surface area contributed by atoms with E-state index >= 15 is 0 Å². The van der Waals surface area contributed by atoms with Crippen LogP contribution < -0.4 is 0 Å². The van der Waals surface area contributed by atoms with Crippen molar-refractivity contribution in [2.24, 2.45) is 5.10 Å². The Morgan fingerprint density at radius 3 is 2.56 bits per heavy atom. The maximum Gasteiger partial charge on any atom is 0.109 e. The number of nitrogens with zero attached hydrogens (tertiary/aromatic N) is 2. The molecule has 0 aliphatic carbocycles. The summed E-state index contributed by atoms with van der Waals surface area (Å²) in [7, 11) is 3.57. The highest BCUT2D eigenvalue weighted by Crippen LogP contribution is 1.79. The van der Waals surface area contributed by atoms with Gasteiger partial charge in [-0.2, -0.15) is 5.10 Å². The summed E-state index contributed by atoms with van der Waals surface area (Å²) in [6.07, 6.45) is 2.19. The first-order valence-corrected chi connectivity index (χ1v) is 2.69. The topological polar surface area (TPSA) is 35.8 Å². The van der Waals surface area contributed by atoms with E-state index in [4.69, 9.17) is 5.11 Å². The van der Waals surface area contributed by atoms with E-state index in [0.29, 0.717) is 0 Å². The van der Waals surface area contributed by atoms with Gasteiger partial charge in [0.05, 0.1) is 6.21 Å². The average molecular weight is 128 g/mol. The minimum absolute atomic E-state index is 0.632. The first-order valence-electron chi connectivity index (χ1n) is 2.69. The summed E-state index contributed by atoms with van der Waals surface area (Å²) < 4.78 is 0. The van der Waals surface area contributed by atoms with E-state index in [2.05, 4.69) is 11.7 Å². The van der Waals surface area contributed by atoms with Gasteiger partial charge in [0, 0.05) is 14.1 Å². The second-order valence-corrected chi connectivity index (χ2v) is 1.84. The van der Waals surface area contributed by atoms with Crippen LogP contribution in [-0.4, -0.2) is 36.5 Å². The molecule has 1 N–H and O–H groups in total. The predicted molar refractivity (Wildman–Crippen MR) is 38.4 cm³/mol. The molecule has 3 heteroatoms. The van der Waals surface area contributed by atoms with E-state index in [1.807, 2.05) is 0 Å². The fraction of sp³-hybridized carbons (Fsp3) is 0.500. The Morgan fingerprint density at radius 2 is 2.22 bits per heavy atom. The molecule has 0 heterocycles. The number of hydrogen-bond acceptors (Lipinski definition) is 3. The molecule has 0 radical (unpaired) electrons. The third-order valence-corrected chi connectivity index (χ3v) is 0.692. The van der Waals surface area contributed by atoms with Crippen LogP contribution in [0, 0.1) is 0 Å². The van der Waals surface area contributed by atoms with Crippen molar-refractivity contribution in [1.29, 1.82) is 0 Å². The molecule has 0 amide bonds. The van der Waals surface area contributed by atoms with Gasteiger partial charge in [-0.1, -0.05) is 6.08 Å². The van der Waals surface area contributed by atoms with Gasteiger partial charge in [0.2, 0.25) is 0 Å². The first-order chi connectivity index (χ1) is 4.16. The number of aliphatic hydroxyl groups excluding tert-OH is 1. The fourth-order valence-electron chi connectivity index (χ4n) is 0.262. The summed E-state index contributed by atoms with van der Waals surface area (Å²) in [5, 5.41) is 14.2. The zero-order valence-electron chi connectivity index (χ0n) is 5.78. The minimum atomic E-state index is -0.632. The summed E-state index contributed by atoms with van der Waals surface area (Å²) in [6, 6.07) is 0. The minimum Gasteiger partial charge on any atom is -0.383 e. The lowest BCUT2D eigenvalue weighted by atomic mass is 10.4. The maximum absolute atomic E-state index is 8.81. The Balaban J connectivity index is 3.56. The van der Waals surface area contributed by atoms with Crippen molar-refractivity contribution >= 4 is 6.21 Å². The van der Waals surface area contributed by atoms with Gasteiger partial charge in [-0.25, -0.2) is 0 Å². The van der Waals surface area contributed by atoms with Gasteiger partial charge in [-0.05, 0) is 0 Å². The predicted octanol–water partition coefficient (Wildman–Crippen LogP) is 0.0807. The molecule has 0 aliphatic heterocycles. The van der Waals surface area contributed by atoms with Crippen molar-refractivity contribution in [1.82, 2.24) is 5.01 Å². The van der Waals surface area contributed by atoms with Crippen molar-refractivity contribution in [3.05, 3.63) is 12.7 Å². The van der Waals surface area contributed by atoms with E-state index in [-0.39, 0.29) is 0 Å². The molecule has 0 aliphatic rings. The van der Waals surface area contributed by atoms with Gasteiger partial charge in [0.15, 0.2) is 0 Å². The van der Waals surface area contributed by atoms with E-state index in [1.54, 1.807) is 19.1 Å². The monoisotopic (exact) mass is 128 g/mol. The summed E-state index contributed by atoms with van der Waals surface area (Å²) in [5.41, 5.74) is 0. The van der Waals surface area contributed by atoms with Crippen LogP contribution in [0.1, 0.15) is 0 Å². The van der Waals surface area contributed by atoms with Gasteiger partial charge < -0.3 is 10.1 Å². The fourth-order valence-corrected chi connectivity index (χ4v) is 0.262. The van der Waals surface area contributed by atoms with Crippen molar-refractivity contribution in [3.8, 4) is 0 Å². The molecule has 0 fully saturated rings. The van der Waals surface area contributed by atoms with Gasteiger partial charge in [0.25, 0.3) is 0 Å². The molecule has 1 unspecified atom stereocenters. The number of hydrazone groups is 1. The van der Waals surface area contributed by atoms with Crippen LogP contribution in [0.3, 0.4) is 0 Å². The van der Waals surface area contributed by atoms with Crippen LogP contribution in [-0.2, 0) is 0 Å². The maximum atomic E-state index is 8.81. The lowest BCUT2D eigenvalue weighted by Crippen LogP contribution is -2.08. The van der Waals surface area contributed by atoms with Gasteiger partial charge in [0.1, 0.15) is 6.10 Å². The summed E-state index contributed by atoms with van der Waals surface area (Å²) in [4.78, 5) is 0. The molecule has 0 aromatic rings. The third kappa shape index (κ3) is 5.03. The van der Waals surface area contributed by atoms with Gasteiger partial charge in [-0.15, -0.1) is 6.58 Å². The largest absolute Gasteiger partial charge is 0.383 e. The zero-order valence-corrected chi connectivity index (χ0v) is 5.78. The molecule has 0 aromatic heterocycles. The normalized spacial score (nSPS) is 13.7. The number of rotatable bonds is 3. The second-order valence-electron chi connectivity index (χ2n) is 1.84. The highest BCUT2D eigenvalue weighted by Gasteiger charge is 1.88. The lowest BCUT2D eigenvalue weighted by Gasteiger charge is -2.02. The molecule has 0 saturated heterocycles. The quantitative estimate of drug-likeness (QED) is 0.332. The SMILES string of the molecule is C=CC(O)/C=N/N(C)C. The van der Waals surface area contributed by atoms with E-state index in [0.717, 1.165) is 0 Å². The lowest BCUT2D eigenvalue weighted by molar-refractivity contribution is 0.290. The van der Waals surface area contributed by atoms with Crippen LogP contribution in [0.5, 0.6) is 0 Å². The molecule has 9 heavy (non-hydrogen) atoms. The van der Waals surface area contributed by atoms with Crippen LogP contribution in [0.4, 0.5) is 0 Å². The Kier molecular flexibility index (Phi) is 3.71. The van der Waals surface area contributed by atoms with Crippen LogP contribution >= 0.6 is 0 Å². The summed E-state index contributed by atoms with van der Waals surface area (Å²) in [5.74, 6) is 0. The molecule has 0 aromatic carbocycles. The van der Waals surface area contributed by atoms with E-state index in [1.165, 1.54) is 12.3 Å². The van der Waals surface area contributed by atoms with Crippen molar-refractivity contribution in [3.63, 3.8) is 0 Å². The van der Waals surface area contributed by atoms with Crippen molar-refractivity contribution < 1.29 is 5.11 Å². The molecule has 3 nitrogen and oxygen atoms in total. The van der Waals surface area contributed by atoms with Crippen LogP contribution in [0.2, 0.25) is 0 Å². The van der Waals surface area contributed by atoms with E-state index < -0.39 is 6.10 Å². The molecular weight excluding hydrogens is 116 g/mol. The highest BCUT2D eigenvalue weighted by atomic mass is 16.3. The molecule has 0 saturated carbocycles. The van der Waals surface area contributed by atoms with Crippen LogP contribution in [0.25, 0.3) is 0 Å². The standard InChI is InChI=1S/C6H12N2O/c1-4-6(9)5-7-8(2)3/h4-6,9H,1H2,2-3H3/b7-5+. The summed E-state index contributed by atoms with van der Waals surface area (Å²) in [6.45, 7) is 3.38.